The van der Waals surface area contributed by atoms with Crippen LogP contribution in [0.25, 0.3) is 0 Å². The van der Waals surface area contributed by atoms with Gasteiger partial charge >= 0.3 is 5.97 Å². The first-order valence-electron chi connectivity index (χ1n) is 6.37. The average Bonchev–Trinajstić information content (AvgIpc) is 2.22. The van der Waals surface area contributed by atoms with E-state index in [9.17, 15) is 4.79 Å². The van der Waals surface area contributed by atoms with Gasteiger partial charge < -0.3 is 4.74 Å². The first-order valence-corrected chi connectivity index (χ1v) is 6.37. The zero-order valence-corrected chi connectivity index (χ0v) is 11.5. The highest BCUT2D eigenvalue weighted by Crippen LogP contribution is 2.37. The highest BCUT2D eigenvalue weighted by molar-refractivity contribution is 5.81. The van der Waals surface area contributed by atoms with Crippen molar-refractivity contribution in [1.29, 1.82) is 0 Å². The highest BCUT2D eigenvalue weighted by atomic mass is 17.3. The number of ether oxygens (including phenoxy) is 1. The van der Waals surface area contributed by atoms with E-state index in [0.29, 0.717) is 13.0 Å². The molecule has 1 fully saturated rings. The third kappa shape index (κ3) is 3.19. The fourth-order valence-corrected chi connectivity index (χ4v) is 1.78. The summed E-state index contributed by atoms with van der Waals surface area (Å²) >= 11 is 0. The van der Waals surface area contributed by atoms with Gasteiger partial charge in [-0.1, -0.05) is 41.0 Å². The van der Waals surface area contributed by atoms with Gasteiger partial charge in [0.25, 0.3) is 0 Å². The third-order valence-corrected chi connectivity index (χ3v) is 2.89. The fourth-order valence-electron chi connectivity index (χ4n) is 1.78. The van der Waals surface area contributed by atoms with E-state index in [0.717, 1.165) is 12.8 Å². The zero-order valence-electron chi connectivity index (χ0n) is 11.5. The minimum absolute atomic E-state index is 0.0323. The smallest absolute Gasteiger partial charge is 0.344 e. The van der Waals surface area contributed by atoms with Crippen molar-refractivity contribution in [3.63, 3.8) is 0 Å². The fraction of sp³-hybridized carbons (Fsp3) is 0.923. The molecule has 100 valence electrons. The Labute approximate surface area is 104 Å². The Hall–Kier alpha value is -0.610. The Morgan fingerprint density at radius 3 is 2.35 bits per heavy atom. The second-order valence-corrected chi connectivity index (χ2v) is 5.84. The predicted octanol–water partition coefficient (Wildman–Crippen LogP) is 2.86. The molecule has 0 aromatic carbocycles. The van der Waals surface area contributed by atoms with Gasteiger partial charge in [-0.05, 0) is 18.3 Å². The molecule has 1 aliphatic rings. The zero-order chi connectivity index (χ0) is 13.1. The number of esters is 1. The molecule has 1 rings (SSSR count). The van der Waals surface area contributed by atoms with Gasteiger partial charge in [0.15, 0.2) is 0 Å². The Kier molecular flexibility index (Phi) is 4.55. The van der Waals surface area contributed by atoms with Crippen LogP contribution in [0.1, 0.15) is 53.9 Å². The molecule has 2 atom stereocenters. The lowest BCUT2D eigenvalue weighted by atomic mass is 9.89. The van der Waals surface area contributed by atoms with E-state index in [-0.39, 0.29) is 17.5 Å². The van der Waals surface area contributed by atoms with Gasteiger partial charge in [-0.15, -0.1) is 0 Å². The molecule has 17 heavy (non-hydrogen) atoms. The molecule has 0 radical (unpaired) electrons. The summed E-state index contributed by atoms with van der Waals surface area (Å²) in [6, 6.07) is 0. The van der Waals surface area contributed by atoms with E-state index >= 15 is 0 Å². The Morgan fingerprint density at radius 1 is 1.35 bits per heavy atom. The molecule has 1 aliphatic heterocycles. The van der Waals surface area contributed by atoms with Crippen molar-refractivity contribution in [2.24, 2.45) is 5.41 Å². The lowest BCUT2D eigenvalue weighted by molar-refractivity contribution is -0.498. The largest absolute Gasteiger partial charge is 0.463 e. The van der Waals surface area contributed by atoms with Gasteiger partial charge in [-0.3, -0.25) is 0 Å². The van der Waals surface area contributed by atoms with Crippen LogP contribution in [0.5, 0.6) is 0 Å². The standard InChI is InChI=1S/C13H24O4/c1-6-8-10-13(7-2,17-16-10)11(14)15-9-12(3,4)5/h10H,6-9H2,1-5H3. The summed E-state index contributed by atoms with van der Waals surface area (Å²) in [6.45, 7) is 10.5. The van der Waals surface area contributed by atoms with Crippen LogP contribution in [0, 0.1) is 5.41 Å². The van der Waals surface area contributed by atoms with Crippen molar-refractivity contribution in [3.05, 3.63) is 0 Å². The van der Waals surface area contributed by atoms with Crippen LogP contribution in [0.3, 0.4) is 0 Å². The number of hydrogen-bond acceptors (Lipinski definition) is 4. The Morgan fingerprint density at radius 2 is 2.00 bits per heavy atom. The molecule has 4 heteroatoms. The molecule has 0 saturated carbocycles. The van der Waals surface area contributed by atoms with Crippen LogP contribution in [0.2, 0.25) is 0 Å². The number of carbonyl (C=O) groups excluding carboxylic acids is 1. The van der Waals surface area contributed by atoms with Crippen molar-refractivity contribution >= 4 is 5.97 Å². The van der Waals surface area contributed by atoms with E-state index in [1.807, 2.05) is 27.7 Å². The molecule has 0 N–H and O–H groups in total. The third-order valence-electron chi connectivity index (χ3n) is 2.89. The molecule has 4 nitrogen and oxygen atoms in total. The van der Waals surface area contributed by atoms with Gasteiger partial charge in [0.05, 0.1) is 6.61 Å². The summed E-state index contributed by atoms with van der Waals surface area (Å²) in [6.07, 6.45) is 2.20. The van der Waals surface area contributed by atoms with Crippen LogP contribution in [0.15, 0.2) is 0 Å². The maximum Gasteiger partial charge on any atom is 0.344 e. The van der Waals surface area contributed by atoms with E-state index in [1.54, 1.807) is 0 Å². The van der Waals surface area contributed by atoms with Crippen molar-refractivity contribution in [1.82, 2.24) is 0 Å². The van der Waals surface area contributed by atoms with Crippen LogP contribution >= 0.6 is 0 Å². The van der Waals surface area contributed by atoms with Gasteiger partial charge in [0, 0.05) is 0 Å². The maximum atomic E-state index is 12.1. The van der Waals surface area contributed by atoms with Crippen LogP contribution in [-0.4, -0.2) is 24.3 Å². The Balaban J connectivity index is 2.58. The van der Waals surface area contributed by atoms with Crippen molar-refractivity contribution < 1.29 is 19.3 Å². The number of carbonyl (C=O) groups is 1. The SMILES string of the molecule is CCCC1OOC1(CC)C(=O)OCC(C)(C)C. The highest BCUT2D eigenvalue weighted by Gasteiger charge is 2.57. The lowest BCUT2D eigenvalue weighted by Crippen LogP contribution is -2.62. The van der Waals surface area contributed by atoms with Crippen molar-refractivity contribution in [2.45, 2.75) is 65.6 Å². The van der Waals surface area contributed by atoms with E-state index < -0.39 is 5.60 Å². The molecule has 0 aliphatic carbocycles. The molecule has 0 bridgehead atoms. The van der Waals surface area contributed by atoms with Gasteiger partial charge in [-0.2, -0.15) is 0 Å². The van der Waals surface area contributed by atoms with Crippen LogP contribution in [-0.2, 0) is 19.3 Å². The van der Waals surface area contributed by atoms with Crippen molar-refractivity contribution in [2.75, 3.05) is 6.61 Å². The number of hydrogen-bond donors (Lipinski definition) is 0. The molecule has 0 spiro atoms. The molecule has 1 saturated heterocycles. The summed E-state index contributed by atoms with van der Waals surface area (Å²) in [4.78, 5) is 22.2. The maximum absolute atomic E-state index is 12.1. The first-order chi connectivity index (χ1) is 7.85. The second-order valence-electron chi connectivity index (χ2n) is 5.84. The monoisotopic (exact) mass is 244 g/mol. The molecule has 2 unspecified atom stereocenters. The summed E-state index contributed by atoms with van der Waals surface area (Å²) in [5, 5.41) is 0. The number of rotatable bonds is 5. The molecule has 0 amide bonds. The summed E-state index contributed by atoms with van der Waals surface area (Å²) in [7, 11) is 0. The molecular formula is C13H24O4. The van der Waals surface area contributed by atoms with E-state index in [1.165, 1.54) is 0 Å². The molecule has 0 aromatic heterocycles. The first kappa shape index (κ1) is 14.5. The second kappa shape index (κ2) is 5.36. The van der Waals surface area contributed by atoms with Gasteiger partial charge in [0.1, 0.15) is 6.10 Å². The van der Waals surface area contributed by atoms with Crippen LogP contribution < -0.4 is 0 Å². The topological polar surface area (TPSA) is 44.8 Å². The van der Waals surface area contributed by atoms with Crippen LogP contribution in [0.4, 0.5) is 0 Å². The average molecular weight is 244 g/mol. The lowest BCUT2D eigenvalue weighted by Gasteiger charge is -2.44. The quantitative estimate of drug-likeness (QED) is 0.551. The normalized spacial score (nSPS) is 28.6. The van der Waals surface area contributed by atoms with Gasteiger partial charge in [0.2, 0.25) is 5.60 Å². The predicted molar refractivity (Wildman–Crippen MR) is 64.3 cm³/mol. The van der Waals surface area contributed by atoms with Crippen molar-refractivity contribution in [3.8, 4) is 0 Å². The summed E-state index contributed by atoms with van der Waals surface area (Å²) in [5.74, 6) is -0.292. The molecular weight excluding hydrogens is 220 g/mol. The van der Waals surface area contributed by atoms with E-state index in [2.05, 4.69) is 6.92 Å². The molecule has 1 heterocycles. The summed E-state index contributed by atoms with van der Waals surface area (Å²) in [5.41, 5.74) is -0.906. The van der Waals surface area contributed by atoms with Gasteiger partial charge in [-0.25, -0.2) is 14.6 Å². The molecule has 0 aromatic rings. The van der Waals surface area contributed by atoms with E-state index in [4.69, 9.17) is 14.5 Å². The minimum Gasteiger partial charge on any atom is -0.463 e. The summed E-state index contributed by atoms with van der Waals surface area (Å²) < 4.78 is 5.34. The Bertz CT molecular complexity index is 265. The minimum atomic E-state index is -0.874.